The van der Waals surface area contributed by atoms with Crippen molar-refractivity contribution in [3.8, 4) is 5.69 Å². The van der Waals surface area contributed by atoms with Crippen molar-refractivity contribution in [1.82, 2.24) is 9.55 Å². The van der Waals surface area contributed by atoms with E-state index in [4.69, 9.17) is 11.6 Å². The summed E-state index contributed by atoms with van der Waals surface area (Å²) >= 11 is 6.71. The van der Waals surface area contributed by atoms with Crippen LogP contribution in [0.4, 0.5) is 19.0 Å². The van der Waals surface area contributed by atoms with E-state index in [9.17, 15) is 18.0 Å². The molecule has 0 spiro atoms. The quantitative estimate of drug-likeness (QED) is 0.711. The van der Waals surface area contributed by atoms with Crippen LogP contribution in [-0.4, -0.2) is 15.6 Å². The van der Waals surface area contributed by atoms with Gasteiger partial charge >= 0.3 is 11.9 Å². The molecule has 0 unspecified atom stereocenters. The van der Waals surface area contributed by atoms with Gasteiger partial charge < -0.3 is 5.32 Å². The number of aromatic nitrogens is 2. The van der Waals surface area contributed by atoms with E-state index in [0.29, 0.717) is 21.7 Å². The van der Waals surface area contributed by atoms with E-state index in [2.05, 4.69) is 10.3 Å². The fourth-order valence-electron chi connectivity index (χ4n) is 2.54. The molecule has 0 aliphatic heterocycles. The number of thiophene rings is 1. The van der Waals surface area contributed by atoms with Crippen LogP contribution >= 0.6 is 22.9 Å². The lowest BCUT2D eigenvalue weighted by molar-refractivity contribution is -0.134. The fourth-order valence-corrected chi connectivity index (χ4v) is 3.72. The van der Waals surface area contributed by atoms with Gasteiger partial charge in [0.25, 0.3) is 0 Å². The zero-order valence-corrected chi connectivity index (χ0v) is 14.2. The van der Waals surface area contributed by atoms with E-state index in [0.717, 1.165) is 23.5 Å². The third-order valence-corrected chi connectivity index (χ3v) is 5.35. The van der Waals surface area contributed by atoms with Gasteiger partial charge in [-0.25, -0.2) is 4.79 Å². The van der Waals surface area contributed by atoms with Crippen molar-refractivity contribution in [2.24, 2.45) is 0 Å². The molecule has 1 N–H and O–H groups in total. The van der Waals surface area contributed by atoms with Crippen molar-refractivity contribution < 1.29 is 13.2 Å². The highest BCUT2D eigenvalue weighted by molar-refractivity contribution is 7.19. The third-order valence-electron chi connectivity index (χ3n) is 3.86. The molecule has 1 aromatic carbocycles. The zero-order valence-electron chi connectivity index (χ0n) is 12.6. The van der Waals surface area contributed by atoms with Gasteiger partial charge in [-0.3, -0.25) is 4.57 Å². The van der Waals surface area contributed by atoms with Crippen LogP contribution in [-0.2, 0) is 6.18 Å². The van der Waals surface area contributed by atoms with Crippen LogP contribution in [0.1, 0.15) is 17.7 Å². The summed E-state index contributed by atoms with van der Waals surface area (Å²) in [4.78, 5) is 15.7. The Labute approximate surface area is 148 Å². The maximum atomic E-state index is 13.2. The smallest absolute Gasteiger partial charge is 0.366 e. The van der Waals surface area contributed by atoms with Gasteiger partial charge in [-0.05, 0) is 31.0 Å². The SMILES string of the molecule is O=c1nc(NC2CC2)c2sc(C(F)(F)F)cc2n1-c1ccccc1Cl. The number of nitrogens with zero attached hydrogens (tertiary/aromatic N) is 2. The second-order valence-electron chi connectivity index (χ2n) is 5.77. The van der Waals surface area contributed by atoms with Gasteiger partial charge in [-0.1, -0.05) is 23.7 Å². The topological polar surface area (TPSA) is 46.9 Å². The molecule has 0 radical (unpaired) electrons. The molecule has 4 nitrogen and oxygen atoms in total. The summed E-state index contributed by atoms with van der Waals surface area (Å²) in [6, 6.07) is 7.62. The number of para-hydroxylation sites is 1. The van der Waals surface area contributed by atoms with Crippen molar-refractivity contribution in [3.05, 3.63) is 50.7 Å². The largest absolute Gasteiger partial charge is 0.425 e. The summed E-state index contributed by atoms with van der Waals surface area (Å²) in [6.45, 7) is 0. The number of nitrogens with one attached hydrogen (secondary N) is 1. The van der Waals surface area contributed by atoms with Crippen LogP contribution in [0.15, 0.2) is 35.1 Å². The Morgan fingerprint density at radius 2 is 2.00 bits per heavy atom. The van der Waals surface area contributed by atoms with Crippen molar-refractivity contribution in [2.75, 3.05) is 5.32 Å². The summed E-state index contributed by atoms with van der Waals surface area (Å²) in [6.07, 6.45) is -2.68. The standard InChI is InChI=1S/C16H11ClF3N3OS/c17-9-3-1-2-4-10(9)23-11-7-12(16(18,19)20)25-13(11)14(22-15(23)24)21-8-5-6-8/h1-4,7-8H,5-6H2,(H,21,22,24). The lowest BCUT2D eigenvalue weighted by Gasteiger charge is -2.11. The van der Waals surface area contributed by atoms with Crippen LogP contribution in [0, 0.1) is 0 Å². The molecule has 25 heavy (non-hydrogen) atoms. The number of hydrogen-bond donors (Lipinski definition) is 1. The van der Waals surface area contributed by atoms with Crippen LogP contribution in [0.2, 0.25) is 5.02 Å². The number of anilines is 1. The van der Waals surface area contributed by atoms with Gasteiger partial charge in [0, 0.05) is 6.04 Å². The molecule has 1 fully saturated rings. The molecule has 4 rings (SSSR count). The Hall–Kier alpha value is -2.06. The number of rotatable bonds is 3. The van der Waals surface area contributed by atoms with E-state index >= 15 is 0 Å². The first-order valence-corrected chi connectivity index (χ1v) is 8.69. The van der Waals surface area contributed by atoms with Gasteiger partial charge in [-0.2, -0.15) is 18.2 Å². The minimum absolute atomic E-state index is 0.147. The van der Waals surface area contributed by atoms with Crippen LogP contribution in [0.25, 0.3) is 15.9 Å². The molecular weight excluding hydrogens is 375 g/mol. The van der Waals surface area contributed by atoms with Crippen LogP contribution in [0.5, 0.6) is 0 Å². The van der Waals surface area contributed by atoms with Crippen molar-refractivity contribution >= 4 is 39.0 Å². The van der Waals surface area contributed by atoms with E-state index in [1.807, 2.05) is 0 Å². The molecule has 1 saturated carbocycles. The molecule has 9 heteroatoms. The first-order valence-electron chi connectivity index (χ1n) is 7.50. The highest BCUT2D eigenvalue weighted by Crippen LogP contribution is 2.41. The average Bonchev–Trinajstić information content (AvgIpc) is 3.22. The predicted octanol–water partition coefficient (Wildman–Crippen LogP) is 4.69. The summed E-state index contributed by atoms with van der Waals surface area (Å²) in [5.41, 5.74) is -0.222. The summed E-state index contributed by atoms with van der Waals surface area (Å²) < 4.78 is 41.0. The maximum absolute atomic E-state index is 13.2. The number of fused-ring (bicyclic) bond motifs is 1. The van der Waals surface area contributed by atoms with Crippen molar-refractivity contribution in [3.63, 3.8) is 0 Å². The molecular formula is C16H11ClF3N3OS. The molecule has 2 heterocycles. The Bertz CT molecular complexity index is 1020. The van der Waals surface area contributed by atoms with Crippen molar-refractivity contribution in [1.29, 1.82) is 0 Å². The van der Waals surface area contributed by atoms with Gasteiger partial charge in [0.15, 0.2) is 5.82 Å². The summed E-state index contributed by atoms with van der Waals surface area (Å²) in [7, 11) is 0. The highest BCUT2D eigenvalue weighted by atomic mass is 35.5. The zero-order chi connectivity index (χ0) is 17.8. The Morgan fingerprint density at radius 1 is 1.28 bits per heavy atom. The minimum atomic E-state index is -4.50. The monoisotopic (exact) mass is 385 g/mol. The molecule has 0 bridgehead atoms. The summed E-state index contributed by atoms with van der Waals surface area (Å²) in [5, 5.41) is 3.30. The number of alkyl halides is 3. The second kappa shape index (κ2) is 5.74. The predicted molar refractivity (Wildman–Crippen MR) is 91.9 cm³/mol. The molecule has 1 aliphatic carbocycles. The molecule has 0 amide bonds. The highest BCUT2D eigenvalue weighted by Gasteiger charge is 2.35. The van der Waals surface area contributed by atoms with E-state index in [1.165, 1.54) is 0 Å². The first kappa shape index (κ1) is 16.4. The maximum Gasteiger partial charge on any atom is 0.425 e. The van der Waals surface area contributed by atoms with Gasteiger partial charge in [0.1, 0.15) is 4.88 Å². The third kappa shape index (κ3) is 3.00. The lowest BCUT2D eigenvalue weighted by Crippen LogP contribution is -2.23. The molecule has 130 valence electrons. The van der Waals surface area contributed by atoms with E-state index in [1.54, 1.807) is 24.3 Å². The van der Waals surface area contributed by atoms with E-state index in [-0.39, 0.29) is 22.4 Å². The second-order valence-corrected chi connectivity index (χ2v) is 7.23. The minimum Gasteiger partial charge on any atom is -0.366 e. The molecule has 3 aromatic rings. The molecule has 0 saturated heterocycles. The van der Waals surface area contributed by atoms with Crippen molar-refractivity contribution in [2.45, 2.75) is 25.1 Å². The van der Waals surface area contributed by atoms with Crippen LogP contribution in [0.3, 0.4) is 0 Å². The first-order chi connectivity index (χ1) is 11.8. The number of halogens is 4. The molecule has 0 atom stereocenters. The van der Waals surface area contributed by atoms with Gasteiger partial charge in [0.2, 0.25) is 0 Å². The molecule has 2 aromatic heterocycles. The fraction of sp³-hybridized carbons (Fsp3) is 0.250. The Kier molecular flexibility index (Phi) is 3.77. The Morgan fingerprint density at radius 3 is 2.64 bits per heavy atom. The van der Waals surface area contributed by atoms with E-state index < -0.39 is 16.7 Å². The average molecular weight is 386 g/mol. The van der Waals surface area contributed by atoms with Gasteiger partial charge in [0.05, 0.1) is 20.9 Å². The Balaban J connectivity index is 2.02. The molecule has 1 aliphatic rings. The summed E-state index contributed by atoms with van der Waals surface area (Å²) in [5.74, 6) is 0.200. The van der Waals surface area contributed by atoms with Crippen LogP contribution < -0.4 is 11.0 Å². The normalized spacial score (nSPS) is 14.9. The number of benzene rings is 1. The number of hydrogen-bond acceptors (Lipinski definition) is 4. The van der Waals surface area contributed by atoms with Gasteiger partial charge in [-0.15, -0.1) is 11.3 Å². The lowest BCUT2D eigenvalue weighted by atomic mass is 10.3.